The highest BCUT2D eigenvalue weighted by atomic mass is 35.5. The molecule has 2 fully saturated rings. The standard InChI is InChI=1S/C25H29ClN6O2/c1-31-10-12-32(13-11-31)25(34)16-6-8-17(9-7-16)30-24-21-19(14-27-23(21)28-15-29-24)22(33)18-4-2-3-5-20(18)26/h2-5,14-17H,6-13H2,1H3,(H2,27,28,29,30). The van der Waals surface area contributed by atoms with Gasteiger partial charge >= 0.3 is 0 Å². The molecule has 5 rings (SSSR count). The lowest BCUT2D eigenvalue weighted by atomic mass is 9.85. The van der Waals surface area contributed by atoms with Crippen LogP contribution in [0.1, 0.15) is 41.6 Å². The molecule has 1 aliphatic carbocycles. The number of benzene rings is 1. The van der Waals surface area contributed by atoms with Gasteiger partial charge in [0.15, 0.2) is 5.78 Å². The van der Waals surface area contributed by atoms with Gasteiger partial charge in [-0.05, 0) is 44.9 Å². The van der Waals surface area contributed by atoms with Crippen LogP contribution in [0.4, 0.5) is 5.82 Å². The van der Waals surface area contributed by atoms with Crippen molar-refractivity contribution in [2.45, 2.75) is 31.7 Å². The van der Waals surface area contributed by atoms with E-state index in [1.54, 1.807) is 30.5 Å². The molecular weight excluding hydrogens is 452 g/mol. The predicted octanol–water partition coefficient (Wildman–Crippen LogP) is 3.59. The maximum atomic E-state index is 13.2. The van der Waals surface area contributed by atoms with Crippen molar-refractivity contribution < 1.29 is 9.59 Å². The number of anilines is 1. The Kier molecular flexibility index (Phi) is 6.52. The molecule has 3 aromatic rings. The van der Waals surface area contributed by atoms with Crippen LogP contribution in [0.25, 0.3) is 11.0 Å². The van der Waals surface area contributed by atoms with E-state index in [9.17, 15) is 9.59 Å². The number of carbonyl (C=O) groups excluding carboxylic acids is 2. The summed E-state index contributed by atoms with van der Waals surface area (Å²) in [5, 5.41) is 4.61. The van der Waals surface area contributed by atoms with Gasteiger partial charge in [-0.3, -0.25) is 9.59 Å². The number of aromatic nitrogens is 3. The fraction of sp³-hybridized carbons (Fsp3) is 0.440. The zero-order valence-electron chi connectivity index (χ0n) is 19.3. The Hall–Kier alpha value is -2.97. The van der Waals surface area contributed by atoms with Crippen molar-refractivity contribution in [3.63, 3.8) is 0 Å². The first-order valence-corrected chi connectivity index (χ1v) is 12.2. The van der Waals surface area contributed by atoms with Gasteiger partial charge in [0.2, 0.25) is 5.91 Å². The van der Waals surface area contributed by atoms with Crippen molar-refractivity contribution in [3.05, 3.63) is 52.9 Å². The number of nitrogens with zero attached hydrogens (tertiary/aromatic N) is 4. The summed E-state index contributed by atoms with van der Waals surface area (Å²) < 4.78 is 0. The summed E-state index contributed by atoms with van der Waals surface area (Å²) in [4.78, 5) is 42.3. The number of likely N-dealkylation sites (N-methyl/N-ethyl adjacent to an activating group) is 1. The molecule has 178 valence electrons. The summed E-state index contributed by atoms with van der Waals surface area (Å²) in [6.45, 7) is 3.53. The average Bonchev–Trinajstić information content (AvgIpc) is 3.30. The molecule has 1 saturated carbocycles. The van der Waals surface area contributed by atoms with E-state index in [1.807, 2.05) is 4.90 Å². The van der Waals surface area contributed by atoms with Crippen LogP contribution < -0.4 is 5.32 Å². The van der Waals surface area contributed by atoms with Crippen molar-refractivity contribution in [2.75, 3.05) is 38.5 Å². The number of nitrogens with one attached hydrogen (secondary N) is 2. The number of amides is 1. The molecule has 0 bridgehead atoms. The minimum absolute atomic E-state index is 0.0940. The van der Waals surface area contributed by atoms with Crippen LogP contribution in [0, 0.1) is 5.92 Å². The van der Waals surface area contributed by atoms with Gasteiger partial charge in [-0.15, -0.1) is 0 Å². The Labute approximate surface area is 203 Å². The van der Waals surface area contributed by atoms with Crippen LogP contribution in [-0.2, 0) is 4.79 Å². The normalized spacial score (nSPS) is 21.5. The van der Waals surface area contributed by atoms with Gasteiger partial charge in [0.1, 0.15) is 17.8 Å². The molecule has 0 unspecified atom stereocenters. The van der Waals surface area contributed by atoms with E-state index in [1.165, 1.54) is 6.33 Å². The number of H-pyrrole nitrogens is 1. The van der Waals surface area contributed by atoms with Crippen molar-refractivity contribution in [1.82, 2.24) is 24.8 Å². The Morgan fingerprint density at radius 2 is 1.76 bits per heavy atom. The Morgan fingerprint density at radius 1 is 1.03 bits per heavy atom. The molecule has 0 atom stereocenters. The van der Waals surface area contributed by atoms with Crippen LogP contribution >= 0.6 is 11.6 Å². The first-order chi connectivity index (χ1) is 16.5. The molecule has 0 spiro atoms. The Bertz CT molecular complexity index is 1200. The number of rotatable bonds is 5. The van der Waals surface area contributed by atoms with Crippen LogP contribution in [-0.4, -0.2) is 75.7 Å². The quantitative estimate of drug-likeness (QED) is 0.542. The van der Waals surface area contributed by atoms with E-state index in [0.29, 0.717) is 38.9 Å². The van der Waals surface area contributed by atoms with E-state index in [-0.39, 0.29) is 17.7 Å². The van der Waals surface area contributed by atoms with Crippen molar-refractivity contribution >= 4 is 40.1 Å². The minimum Gasteiger partial charge on any atom is -0.367 e. The summed E-state index contributed by atoms with van der Waals surface area (Å²) in [6.07, 6.45) is 6.64. The van der Waals surface area contributed by atoms with Gasteiger partial charge in [-0.2, -0.15) is 0 Å². The zero-order valence-corrected chi connectivity index (χ0v) is 20.0. The lowest BCUT2D eigenvalue weighted by Crippen LogP contribution is -2.49. The third kappa shape index (κ3) is 4.52. The van der Waals surface area contributed by atoms with Crippen LogP contribution in [0.15, 0.2) is 36.8 Å². The van der Waals surface area contributed by atoms with Gasteiger partial charge < -0.3 is 20.1 Å². The third-order valence-corrected chi connectivity index (χ3v) is 7.39. The van der Waals surface area contributed by atoms with Gasteiger partial charge in [0, 0.05) is 49.9 Å². The van der Waals surface area contributed by atoms with E-state index in [4.69, 9.17) is 11.6 Å². The van der Waals surface area contributed by atoms with E-state index in [0.717, 1.165) is 51.9 Å². The highest BCUT2D eigenvalue weighted by Gasteiger charge is 2.31. The summed E-state index contributed by atoms with van der Waals surface area (Å²) >= 11 is 6.27. The Morgan fingerprint density at radius 3 is 2.50 bits per heavy atom. The smallest absolute Gasteiger partial charge is 0.225 e. The van der Waals surface area contributed by atoms with Gasteiger partial charge in [0.05, 0.1) is 16.0 Å². The van der Waals surface area contributed by atoms with E-state index in [2.05, 4.69) is 32.2 Å². The van der Waals surface area contributed by atoms with Gasteiger partial charge in [0.25, 0.3) is 0 Å². The summed E-state index contributed by atoms with van der Waals surface area (Å²) in [5.41, 5.74) is 1.54. The molecule has 9 heteroatoms. The van der Waals surface area contributed by atoms with Crippen LogP contribution in [0.3, 0.4) is 0 Å². The number of aromatic amines is 1. The molecule has 2 aromatic heterocycles. The number of ketones is 1. The molecular formula is C25H29ClN6O2. The summed E-state index contributed by atoms with van der Waals surface area (Å²) in [7, 11) is 2.10. The molecule has 1 saturated heterocycles. The lowest BCUT2D eigenvalue weighted by molar-refractivity contribution is -0.138. The minimum atomic E-state index is -0.170. The highest BCUT2D eigenvalue weighted by Crippen LogP contribution is 2.32. The largest absolute Gasteiger partial charge is 0.367 e. The molecule has 1 amide bonds. The molecule has 2 N–H and O–H groups in total. The summed E-state index contributed by atoms with van der Waals surface area (Å²) in [6, 6.07) is 7.22. The predicted molar refractivity (Wildman–Crippen MR) is 132 cm³/mol. The van der Waals surface area contributed by atoms with E-state index < -0.39 is 0 Å². The van der Waals surface area contributed by atoms with Crippen molar-refractivity contribution in [1.29, 1.82) is 0 Å². The van der Waals surface area contributed by atoms with Crippen LogP contribution in [0.2, 0.25) is 5.02 Å². The second-order valence-corrected chi connectivity index (χ2v) is 9.69. The fourth-order valence-electron chi connectivity index (χ4n) is 5.00. The Balaban J connectivity index is 1.29. The topological polar surface area (TPSA) is 94.2 Å². The highest BCUT2D eigenvalue weighted by molar-refractivity contribution is 6.35. The molecule has 1 aromatic carbocycles. The first kappa shape index (κ1) is 22.8. The fourth-order valence-corrected chi connectivity index (χ4v) is 5.23. The number of hydrogen-bond acceptors (Lipinski definition) is 6. The maximum Gasteiger partial charge on any atom is 0.225 e. The molecule has 8 nitrogen and oxygen atoms in total. The zero-order chi connectivity index (χ0) is 23.7. The van der Waals surface area contributed by atoms with Crippen molar-refractivity contribution in [2.24, 2.45) is 5.92 Å². The lowest BCUT2D eigenvalue weighted by Gasteiger charge is -2.36. The van der Waals surface area contributed by atoms with Crippen LogP contribution in [0.5, 0.6) is 0 Å². The third-order valence-electron chi connectivity index (χ3n) is 7.07. The molecule has 1 aliphatic heterocycles. The number of piperazine rings is 1. The molecule has 0 radical (unpaired) electrons. The number of fused-ring (bicyclic) bond motifs is 1. The molecule has 34 heavy (non-hydrogen) atoms. The van der Waals surface area contributed by atoms with Gasteiger partial charge in [-0.25, -0.2) is 9.97 Å². The molecule has 3 heterocycles. The van der Waals surface area contributed by atoms with Gasteiger partial charge in [-0.1, -0.05) is 23.7 Å². The SMILES string of the molecule is CN1CCN(C(=O)C2CCC(Nc3ncnc4[nH]cc(C(=O)c5ccccc5Cl)c34)CC2)CC1. The average molecular weight is 481 g/mol. The van der Waals surface area contributed by atoms with E-state index >= 15 is 0 Å². The second kappa shape index (κ2) is 9.72. The number of carbonyl (C=O) groups is 2. The summed E-state index contributed by atoms with van der Waals surface area (Å²) in [5.74, 6) is 0.859. The molecule has 2 aliphatic rings. The number of hydrogen-bond donors (Lipinski definition) is 2. The maximum absolute atomic E-state index is 13.2. The number of halogens is 1. The monoisotopic (exact) mass is 480 g/mol. The van der Waals surface area contributed by atoms with Crippen molar-refractivity contribution in [3.8, 4) is 0 Å². The second-order valence-electron chi connectivity index (χ2n) is 9.28. The first-order valence-electron chi connectivity index (χ1n) is 11.9.